The largest absolute Gasteiger partial charge is 0.326 e. The number of nitrogens with one attached hydrogen (secondary N) is 2. The molecule has 0 saturated carbocycles. The van der Waals surface area contributed by atoms with Crippen molar-refractivity contribution in [2.24, 2.45) is 0 Å². The maximum absolute atomic E-state index is 12.2. The normalized spacial score (nSPS) is 10.9. The summed E-state index contributed by atoms with van der Waals surface area (Å²) in [4.78, 5) is 38.2. The fraction of sp³-hybridized carbons (Fsp3) is 0. The number of aromatic nitrogens is 4. The summed E-state index contributed by atoms with van der Waals surface area (Å²) in [5.41, 5.74) is 3.70. The van der Waals surface area contributed by atoms with E-state index in [1.807, 2.05) is 66.7 Å². The van der Waals surface area contributed by atoms with Crippen LogP contribution in [0.25, 0.3) is 44.8 Å². The molecule has 5 aromatic rings. The molecule has 3 aromatic carbocycles. The number of hydrogen-bond acceptors (Lipinski definition) is 4. The Labute approximate surface area is 170 Å². The number of benzene rings is 3. The molecule has 0 aliphatic carbocycles. The van der Waals surface area contributed by atoms with Gasteiger partial charge in [-0.25, -0.2) is 14.8 Å². The van der Waals surface area contributed by atoms with Crippen LogP contribution in [0.4, 0.5) is 0 Å². The molecule has 0 spiro atoms. The second-order valence-corrected chi connectivity index (χ2v) is 6.86. The van der Waals surface area contributed by atoms with Crippen LogP contribution >= 0.6 is 0 Å². The number of fused-ring (bicyclic) bond motifs is 1. The highest BCUT2D eigenvalue weighted by atomic mass is 16.2. The molecule has 6 nitrogen and oxygen atoms in total. The van der Waals surface area contributed by atoms with Crippen LogP contribution in [0.15, 0.2) is 94.5 Å². The van der Waals surface area contributed by atoms with E-state index >= 15 is 0 Å². The van der Waals surface area contributed by atoms with Gasteiger partial charge in [0.15, 0.2) is 5.82 Å². The third-order valence-electron chi connectivity index (χ3n) is 4.86. The summed E-state index contributed by atoms with van der Waals surface area (Å²) in [6, 6.07) is 26.9. The van der Waals surface area contributed by atoms with Crippen LogP contribution in [-0.4, -0.2) is 19.9 Å². The minimum atomic E-state index is -0.533. The van der Waals surface area contributed by atoms with Crippen LogP contribution in [0.3, 0.4) is 0 Å². The lowest BCUT2D eigenvalue weighted by molar-refractivity contribution is 1.08. The molecule has 5 rings (SSSR count). The number of rotatable bonds is 3. The molecule has 0 aliphatic rings. The van der Waals surface area contributed by atoms with Gasteiger partial charge in [0.25, 0.3) is 5.56 Å². The number of hydrogen-bond donors (Lipinski definition) is 2. The van der Waals surface area contributed by atoms with Gasteiger partial charge in [0.2, 0.25) is 0 Å². The minimum Gasteiger partial charge on any atom is -0.307 e. The Morgan fingerprint density at radius 1 is 0.600 bits per heavy atom. The fourth-order valence-electron chi connectivity index (χ4n) is 3.39. The first kappa shape index (κ1) is 17.8. The van der Waals surface area contributed by atoms with E-state index in [0.29, 0.717) is 22.3 Å². The maximum Gasteiger partial charge on any atom is 0.326 e. The van der Waals surface area contributed by atoms with Crippen LogP contribution in [0.5, 0.6) is 0 Å². The lowest BCUT2D eigenvalue weighted by Gasteiger charge is -2.09. The fourth-order valence-corrected chi connectivity index (χ4v) is 3.39. The van der Waals surface area contributed by atoms with E-state index in [1.165, 1.54) is 0 Å². The summed E-state index contributed by atoms with van der Waals surface area (Å²) in [7, 11) is 0. The van der Waals surface area contributed by atoms with E-state index in [-0.39, 0.29) is 0 Å². The summed E-state index contributed by atoms with van der Waals surface area (Å²) in [6.45, 7) is 0. The average Bonchev–Trinajstić information content (AvgIpc) is 2.80. The Balaban J connectivity index is 1.74. The van der Waals surface area contributed by atoms with Gasteiger partial charge in [0.1, 0.15) is 0 Å². The van der Waals surface area contributed by atoms with E-state index in [1.54, 1.807) is 18.2 Å². The van der Waals surface area contributed by atoms with Crippen molar-refractivity contribution in [2.75, 3.05) is 0 Å². The molecule has 2 heterocycles. The van der Waals surface area contributed by atoms with Crippen LogP contribution in [0, 0.1) is 0 Å². The summed E-state index contributed by atoms with van der Waals surface area (Å²) >= 11 is 0. The van der Waals surface area contributed by atoms with Crippen molar-refractivity contribution in [3.63, 3.8) is 0 Å². The van der Waals surface area contributed by atoms with Crippen LogP contribution in [-0.2, 0) is 0 Å². The van der Waals surface area contributed by atoms with Gasteiger partial charge in [-0.3, -0.25) is 9.78 Å². The summed E-state index contributed by atoms with van der Waals surface area (Å²) < 4.78 is 0. The van der Waals surface area contributed by atoms with Crippen molar-refractivity contribution in [3.05, 3.63) is 106 Å². The molecule has 0 saturated heterocycles. The van der Waals surface area contributed by atoms with E-state index < -0.39 is 11.2 Å². The smallest absolute Gasteiger partial charge is 0.307 e. The number of H-pyrrole nitrogens is 2. The second-order valence-electron chi connectivity index (χ2n) is 6.86. The lowest BCUT2D eigenvalue weighted by atomic mass is 10.1. The van der Waals surface area contributed by atoms with Crippen molar-refractivity contribution in [1.29, 1.82) is 0 Å². The topological polar surface area (TPSA) is 91.5 Å². The molecule has 0 fully saturated rings. The molecular weight excluding hydrogens is 376 g/mol. The predicted octanol–water partition coefficient (Wildman–Crippen LogP) is 4.01. The lowest BCUT2D eigenvalue weighted by Crippen LogP contribution is -2.21. The predicted molar refractivity (Wildman–Crippen MR) is 117 cm³/mol. The van der Waals surface area contributed by atoms with E-state index in [4.69, 9.17) is 9.97 Å². The molecule has 144 valence electrons. The molecule has 30 heavy (non-hydrogen) atoms. The zero-order chi connectivity index (χ0) is 20.5. The SMILES string of the molecule is O=c1[nH]c(=O)c2cc(-c3nc(-c4ccccc4)cc(-c4ccccc4)n3)ccc2[nH]1. The molecule has 0 amide bonds. The molecule has 2 aromatic heterocycles. The second kappa shape index (κ2) is 7.25. The zero-order valence-electron chi connectivity index (χ0n) is 15.8. The van der Waals surface area contributed by atoms with Gasteiger partial charge in [0.05, 0.1) is 22.3 Å². The Hall–Kier alpha value is -4.32. The third-order valence-corrected chi connectivity index (χ3v) is 4.86. The Bertz CT molecular complexity index is 1410. The van der Waals surface area contributed by atoms with Crippen LogP contribution in [0.1, 0.15) is 0 Å². The molecule has 6 heteroatoms. The quantitative estimate of drug-likeness (QED) is 0.485. The first-order valence-electron chi connectivity index (χ1n) is 9.44. The summed E-state index contributed by atoms with van der Waals surface area (Å²) in [5, 5.41) is 0.377. The van der Waals surface area contributed by atoms with Gasteiger partial charge in [0, 0.05) is 16.7 Å². The standard InChI is InChI=1S/C24H16N4O2/c29-23-18-13-17(11-12-19(18)27-24(30)28-23)22-25-20(15-7-3-1-4-8-15)14-21(26-22)16-9-5-2-6-10-16/h1-14H,(H2,27,28,29,30). The number of aromatic amines is 2. The molecule has 0 radical (unpaired) electrons. The molecule has 0 aliphatic heterocycles. The molecule has 2 N–H and O–H groups in total. The van der Waals surface area contributed by atoms with E-state index in [2.05, 4.69) is 9.97 Å². The van der Waals surface area contributed by atoms with Crippen molar-refractivity contribution in [3.8, 4) is 33.9 Å². The van der Waals surface area contributed by atoms with Crippen molar-refractivity contribution in [1.82, 2.24) is 19.9 Å². The van der Waals surface area contributed by atoms with Crippen molar-refractivity contribution >= 4 is 10.9 Å². The Morgan fingerprint density at radius 3 is 1.80 bits per heavy atom. The maximum atomic E-state index is 12.2. The molecule has 0 unspecified atom stereocenters. The highest BCUT2D eigenvalue weighted by Crippen LogP contribution is 2.28. The first-order chi connectivity index (χ1) is 14.7. The van der Waals surface area contributed by atoms with E-state index in [0.717, 1.165) is 22.5 Å². The monoisotopic (exact) mass is 392 g/mol. The van der Waals surface area contributed by atoms with Gasteiger partial charge >= 0.3 is 5.69 Å². The number of nitrogens with zero attached hydrogens (tertiary/aromatic N) is 2. The molecular formula is C24H16N4O2. The molecule has 0 bridgehead atoms. The van der Waals surface area contributed by atoms with Gasteiger partial charge in [-0.2, -0.15) is 0 Å². The highest BCUT2D eigenvalue weighted by molar-refractivity contribution is 5.83. The average molecular weight is 392 g/mol. The van der Waals surface area contributed by atoms with Crippen molar-refractivity contribution in [2.45, 2.75) is 0 Å². The molecule has 0 atom stereocenters. The van der Waals surface area contributed by atoms with Crippen LogP contribution in [0.2, 0.25) is 0 Å². The van der Waals surface area contributed by atoms with Gasteiger partial charge in [-0.05, 0) is 24.3 Å². The zero-order valence-corrected chi connectivity index (χ0v) is 15.8. The van der Waals surface area contributed by atoms with E-state index in [9.17, 15) is 9.59 Å². The third kappa shape index (κ3) is 3.31. The highest BCUT2D eigenvalue weighted by Gasteiger charge is 2.12. The van der Waals surface area contributed by atoms with Gasteiger partial charge < -0.3 is 4.98 Å². The van der Waals surface area contributed by atoms with Gasteiger partial charge in [-0.1, -0.05) is 60.7 Å². The summed E-state index contributed by atoms with van der Waals surface area (Å²) in [5.74, 6) is 0.503. The Morgan fingerprint density at radius 2 is 1.20 bits per heavy atom. The van der Waals surface area contributed by atoms with Crippen molar-refractivity contribution < 1.29 is 0 Å². The minimum absolute atomic E-state index is 0.377. The van der Waals surface area contributed by atoms with Gasteiger partial charge in [-0.15, -0.1) is 0 Å². The Kier molecular flexibility index (Phi) is 4.29. The summed E-state index contributed by atoms with van der Waals surface area (Å²) in [6.07, 6.45) is 0. The van der Waals surface area contributed by atoms with Crippen LogP contribution < -0.4 is 11.2 Å². The first-order valence-corrected chi connectivity index (χ1v) is 9.44.